The molecule has 0 heterocycles. The molecule has 104 valence electrons. The lowest BCUT2D eigenvalue weighted by Gasteiger charge is -2.13. The van der Waals surface area contributed by atoms with Gasteiger partial charge in [-0.3, -0.25) is 4.79 Å². The second-order valence-corrected chi connectivity index (χ2v) is 5.34. The summed E-state index contributed by atoms with van der Waals surface area (Å²) in [6, 6.07) is 9.67. The second kappa shape index (κ2) is 6.13. The average Bonchev–Trinajstić information content (AvgIpc) is 2.34. The Kier molecular flexibility index (Phi) is 4.49. The van der Waals surface area contributed by atoms with E-state index < -0.39 is 23.5 Å². The Morgan fingerprint density at radius 3 is 2.50 bits per heavy atom. The maximum atomic E-state index is 13.3. The van der Waals surface area contributed by atoms with Crippen molar-refractivity contribution in [3.8, 4) is 0 Å². The molecule has 2 aromatic rings. The lowest BCUT2D eigenvalue weighted by atomic mass is 9.92. The van der Waals surface area contributed by atoms with Crippen LogP contribution >= 0.6 is 15.9 Å². The van der Waals surface area contributed by atoms with Crippen molar-refractivity contribution >= 4 is 21.9 Å². The predicted molar refractivity (Wildman–Crippen MR) is 74.6 cm³/mol. The molecule has 0 saturated carbocycles. The average molecular weight is 341 g/mol. The lowest BCUT2D eigenvalue weighted by Crippen LogP contribution is -2.14. The molecule has 1 atom stereocenters. The fourth-order valence-electron chi connectivity index (χ4n) is 2.04. The molecule has 2 rings (SSSR count). The SMILES string of the molecule is O=C(O)C(Cc1cc(F)cc(Br)c1)c1cccc(F)c1. The largest absolute Gasteiger partial charge is 0.481 e. The maximum Gasteiger partial charge on any atom is 0.311 e. The van der Waals surface area contributed by atoms with Crippen molar-refractivity contribution in [3.63, 3.8) is 0 Å². The summed E-state index contributed by atoms with van der Waals surface area (Å²) in [5, 5.41) is 9.29. The first kappa shape index (κ1) is 14.7. The molecule has 2 nitrogen and oxygen atoms in total. The van der Waals surface area contributed by atoms with Gasteiger partial charge < -0.3 is 5.11 Å². The van der Waals surface area contributed by atoms with E-state index in [-0.39, 0.29) is 6.42 Å². The Bertz CT molecular complexity index is 623. The van der Waals surface area contributed by atoms with Crippen LogP contribution in [-0.4, -0.2) is 11.1 Å². The standard InChI is InChI=1S/C15H11BrF2O2/c16-11-4-9(5-13(18)8-11)6-14(15(19)20)10-2-1-3-12(17)7-10/h1-5,7-8,14H,6H2,(H,19,20). The van der Waals surface area contributed by atoms with Gasteiger partial charge in [0.05, 0.1) is 5.92 Å². The highest BCUT2D eigenvalue weighted by Crippen LogP contribution is 2.24. The third-order valence-corrected chi connectivity index (χ3v) is 3.37. The maximum absolute atomic E-state index is 13.3. The molecule has 5 heteroatoms. The Labute approximate surface area is 123 Å². The zero-order chi connectivity index (χ0) is 14.7. The summed E-state index contributed by atoms with van der Waals surface area (Å²) in [6.07, 6.45) is 0.0924. The second-order valence-electron chi connectivity index (χ2n) is 4.43. The van der Waals surface area contributed by atoms with Crippen LogP contribution in [0.5, 0.6) is 0 Å². The predicted octanol–water partition coefficient (Wildman–Crippen LogP) is 4.14. The van der Waals surface area contributed by atoms with Crippen LogP contribution in [0.15, 0.2) is 46.9 Å². The minimum absolute atomic E-state index is 0.0924. The van der Waals surface area contributed by atoms with Crippen molar-refractivity contribution in [2.24, 2.45) is 0 Å². The highest BCUT2D eigenvalue weighted by molar-refractivity contribution is 9.10. The summed E-state index contributed by atoms with van der Waals surface area (Å²) in [5.74, 6) is -2.93. The van der Waals surface area contributed by atoms with E-state index in [1.165, 1.54) is 30.3 Å². The number of benzene rings is 2. The van der Waals surface area contributed by atoms with Gasteiger partial charge in [0.25, 0.3) is 0 Å². The van der Waals surface area contributed by atoms with Crippen molar-refractivity contribution in [1.82, 2.24) is 0 Å². The summed E-state index contributed by atoms with van der Waals surface area (Å²) >= 11 is 3.16. The molecule has 0 amide bonds. The lowest BCUT2D eigenvalue weighted by molar-refractivity contribution is -0.138. The van der Waals surface area contributed by atoms with Crippen LogP contribution < -0.4 is 0 Å². The minimum atomic E-state index is -1.07. The van der Waals surface area contributed by atoms with Gasteiger partial charge in [-0.2, -0.15) is 0 Å². The zero-order valence-corrected chi connectivity index (χ0v) is 11.9. The molecule has 0 saturated heterocycles. The van der Waals surface area contributed by atoms with E-state index in [0.29, 0.717) is 15.6 Å². The molecule has 1 unspecified atom stereocenters. The Morgan fingerprint density at radius 1 is 1.15 bits per heavy atom. The number of hydrogen-bond acceptors (Lipinski definition) is 1. The molecule has 0 bridgehead atoms. The third kappa shape index (κ3) is 3.63. The van der Waals surface area contributed by atoms with Crippen LogP contribution in [0.25, 0.3) is 0 Å². The monoisotopic (exact) mass is 340 g/mol. The molecule has 1 N–H and O–H groups in total. The first-order chi connectivity index (χ1) is 9.45. The van der Waals surface area contributed by atoms with E-state index in [4.69, 9.17) is 0 Å². The van der Waals surface area contributed by atoms with Crippen LogP contribution in [0.1, 0.15) is 17.0 Å². The van der Waals surface area contributed by atoms with Gasteiger partial charge in [0.15, 0.2) is 0 Å². The van der Waals surface area contributed by atoms with Crippen LogP contribution in [-0.2, 0) is 11.2 Å². The fourth-order valence-corrected chi connectivity index (χ4v) is 2.55. The highest BCUT2D eigenvalue weighted by Gasteiger charge is 2.21. The molecule has 0 fully saturated rings. The molecule has 0 aromatic heterocycles. The smallest absolute Gasteiger partial charge is 0.311 e. The summed E-state index contributed by atoms with van der Waals surface area (Å²) in [4.78, 5) is 11.4. The Morgan fingerprint density at radius 2 is 1.90 bits per heavy atom. The number of carboxylic acid groups (broad SMARTS) is 1. The molecule has 0 spiro atoms. The minimum Gasteiger partial charge on any atom is -0.481 e. The van der Waals surface area contributed by atoms with Crippen molar-refractivity contribution in [3.05, 3.63) is 69.7 Å². The molecule has 0 aliphatic carbocycles. The molecular weight excluding hydrogens is 330 g/mol. The van der Waals surface area contributed by atoms with E-state index in [2.05, 4.69) is 15.9 Å². The third-order valence-electron chi connectivity index (χ3n) is 2.91. The van der Waals surface area contributed by atoms with Gasteiger partial charge in [-0.15, -0.1) is 0 Å². The van der Waals surface area contributed by atoms with Gasteiger partial charge >= 0.3 is 5.97 Å². The normalized spacial score (nSPS) is 12.2. The van der Waals surface area contributed by atoms with E-state index >= 15 is 0 Å². The number of halogens is 3. The Balaban J connectivity index is 2.33. The molecule has 0 aliphatic rings. The van der Waals surface area contributed by atoms with E-state index in [1.807, 2.05) is 0 Å². The molecule has 0 aliphatic heterocycles. The fraction of sp³-hybridized carbons (Fsp3) is 0.133. The number of carbonyl (C=O) groups is 1. The summed E-state index contributed by atoms with van der Waals surface area (Å²) in [6.45, 7) is 0. The van der Waals surface area contributed by atoms with Crippen LogP contribution in [0.2, 0.25) is 0 Å². The molecule has 20 heavy (non-hydrogen) atoms. The van der Waals surface area contributed by atoms with Gasteiger partial charge in [-0.05, 0) is 47.9 Å². The summed E-state index contributed by atoms with van der Waals surface area (Å²) in [7, 11) is 0. The quantitative estimate of drug-likeness (QED) is 0.908. The van der Waals surface area contributed by atoms with Crippen LogP contribution in [0, 0.1) is 11.6 Å². The summed E-state index contributed by atoms with van der Waals surface area (Å²) in [5.41, 5.74) is 0.895. The van der Waals surface area contributed by atoms with Crippen LogP contribution in [0.3, 0.4) is 0 Å². The van der Waals surface area contributed by atoms with Gasteiger partial charge in [0, 0.05) is 4.47 Å². The van der Waals surface area contributed by atoms with Crippen molar-refractivity contribution in [2.75, 3.05) is 0 Å². The summed E-state index contributed by atoms with van der Waals surface area (Å²) < 4.78 is 27.0. The molecular formula is C15H11BrF2O2. The van der Waals surface area contributed by atoms with Crippen molar-refractivity contribution in [2.45, 2.75) is 12.3 Å². The van der Waals surface area contributed by atoms with E-state index in [0.717, 1.165) is 0 Å². The number of carboxylic acids is 1. The van der Waals surface area contributed by atoms with E-state index in [1.54, 1.807) is 12.1 Å². The topological polar surface area (TPSA) is 37.3 Å². The first-order valence-corrected chi connectivity index (χ1v) is 6.68. The highest BCUT2D eigenvalue weighted by atomic mass is 79.9. The van der Waals surface area contributed by atoms with E-state index in [9.17, 15) is 18.7 Å². The zero-order valence-electron chi connectivity index (χ0n) is 10.3. The van der Waals surface area contributed by atoms with Gasteiger partial charge in [0.1, 0.15) is 11.6 Å². The number of rotatable bonds is 4. The Hall–Kier alpha value is -1.75. The van der Waals surface area contributed by atoms with Gasteiger partial charge in [-0.25, -0.2) is 8.78 Å². The first-order valence-electron chi connectivity index (χ1n) is 5.89. The van der Waals surface area contributed by atoms with Crippen molar-refractivity contribution < 1.29 is 18.7 Å². The molecule has 2 aromatic carbocycles. The number of aliphatic carboxylic acids is 1. The van der Waals surface area contributed by atoms with Gasteiger partial charge in [0.2, 0.25) is 0 Å². The number of hydrogen-bond donors (Lipinski definition) is 1. The van der Waals surface area contributed by atoms with Crippen molar-refractivity contribution in [1.29, 1.82) is 0 Å². The van der Waals surface area contributed by atoms with Gasteiger partial charge in [-0.1, -0.05) is 28.1 Å². The molecule has 0 radical (unpaired) electrons. The van der Waals surface area contributed by atoms with Crippen LogP contribution in [0.4, 0.5) is 8.78 Å².